The van der Waals surface area contributed by atoms with E-state index in [-0.39, 0.29) is 12.8 Å². The standard InChI is InChI=1S/C10H19F4O4P/c1-3-5-9(11,12)7-17-19(15,16)18-8-10(13,14)6-4-2/h3-8H2,1-2H3,(H,15,16)/p-1. The Morgan fingerprint density at radius 2 is 1.26 bits per heavy atom. The summed E-state index contributed by atoms with van der Waals surface area (Å²) in [6.45, 7) is 0.181. The smallest absolute Gasteiger partial charge is 0.271 e. The first kappa shape index (κ1) is 18.8. The summed E-state index contributed by atoms with van der Waals surface area (Å²) in [6, 6.07) is 0. The van der Waals surface area contributed by atoms with Crippen LogP contribution in [-0.4, -0.2) is 25.1 Å². The lowest BCUT2D eigenvalue weighted by Crippen LogP contribution is -2.27. The van der Waals surface area contributed by atoms with Crippen molar-refractivity contribution in [1.29, 1.82) is 0 Å². The molecule has 19 heavy (non-hydrogen) atoms. The summed E-state index contributed by atoms with van der Waals surface area (Å²) in [5.74, 6) is -6.66. The SMILES string of the molecule is CCCC(F)(F)COP(=O)([O-])OCC(F)(F)CCC. The maximum atomic E-state index is 13.0. The van der Waals surface area contributed by atoms with Gasteiger partial charge < -0.3 is 13.9 Å². The van der Waals surface area contributed by atoms with Crippen LogP contribution in [0.3, 0.4) is 0 Å². The topological polar surface area (TPSA) is 58.6 Å². The number of halogens is 4. The second-order valence-electron chi connectivity index (χ2n) is 4.21. The fourth-order valence-electron chi connectivity index (χ4n) is 1.26. The van der Waals surface area contributed by atoms with Gasteiger partial charge in [-0.15, -0.1) is 0 Å². The zero-order valence-corrected chi connectivity index (χ0v) is 11.7. The van der Waals surface area contributed by atoms with Gasteiger partial charge in [-0.05, 0) is 0 Å². The number of rotatable bonds is 10. The molecule has 0 heterocycles. The highest BCUT2D eigenvalue weighted by atomic mass is 31.2. The molecule has 0 rings (SSSR count). The van der Waals surface area contributed by atoms with Crippen molar-refractivity contribution in [3.05, 3.63) is 0 Å². The Bertz CT molecular complexity index is 286. The van der Waals surface area contributed by atoms with Crippen LogP contribution in [0.5, 0.6) is 0 Å². The summed E-state index contributed by atoms with van der Waals surface area (Å²) in [5.41, 5.74) is 0. The average Bonchev–Trinajstić information content (AvgIpc) is 2.25. The van der Waals surface area contributed by atoms with Crippen molar-refractivity contribution >= 4 is 7.82 Å². The minimum atomic E-state index is -5.14. The molecule has 0 radical (unpaired) electrons. The summed E-state index contributed by atoms with van der Waals surface area (Å²) in [7, 11) is -5.14. The number of alkyl halides is 4. The molecule has 116 valence electrons. The molecule has 0 aliphatic rings. The molecule has 0 amide bonds. The maximum Gasteiger partial charge on any atom is 0.271 e. The third-order valence-corrected chi connectivity index (χ3v) is 2.99. The second-order valence-corrected chi connectivity index (χ2v) is 5.62. The molecule has 4 nitrogen and oxygen atoms in total. The lowest BCUT2D eigenvalue weighted by molar-refractivity contribution is -0.237. The molecule has 0 aliphatic carbocycles. The molecular formula is C10H18F4O4P-. The van der Waals surface area contributed by atoms with E-state index >= 15 is 0 Å². The van der Waals surface area contributed by atoms with E-state index in [2.05, 4.69) is 9.05 Å². The molecule has 0 aromatic carbocycles. The zero-order chi connectivity index (χ0) is 15.2. The minimum Gasteiger partial charge on any atom is -0.756 e. The monoisotopic (exact) mass is 309 g/mol. The largest absolute Gasteiger partial charge is 0.756 e. The van der Waals surface area contributed by atoms with Crippen LogP contribution >= 0.6 is 7.82 Å². The number of hydrogen-bond acceptors (Lipinski definition) is 4. The van der Waals surface area contributed by atoms with Crippen molar-refractivity contribution in [1.82, 2.24) is 0 Å². The van der Waals surface area contributed by atoms with E-state index in [4.69, 9.17) is 0 Å². The highest BCUT2D eigenvalue weighted by Gasteiger charge is 2.33. The normalized spacial score (nSPS) is 13.8. The molecule has 0 fully saturated rings. The summed E-state index contributed by atoms with van der Waals surface area (Å²) in [6.07, 6.45) is -0.845. The molecule has 0 atom stereocenters. The van der Waals surface area contributed by atoms with Crippen LogP contribution in [0.1, 0.15) is 39.5 Å². The molecular weight excluding hydrogens is 291 g/mol. The van der Waals surface area contributed by atoms with E-state index < -0.39 is 45.7 Å². The Hall–Kier alpha value is -0.170. The number of hydrogen-bond donors (Lipinski definition) is 0. The van der Waals surface area contributed by atoms with Gasteiger partial charge in [-0.1, -0.05) is 26.7 Å². The Kier molecular flexibility index (Phi) is 7.50. The predicted octanol–water partition coefficient (Wildman–Crippen LogP) is 3.36. The van der Waals surface area contributed by atoms with Crippen molar-refractivity contribution in [2.75, 3.05) is 13.2 Å². The molecule has 0 unspecified atom stereocenters. The van der Waals surface area contributed by atoms with E-state index in [0.29, 0.717) is 0 Å². The van der Waals surface area contributed by atoms with E-state index in [1.807, 2.05) is 0 Å². The predicted molar refractivity (Wildman–Crippen MR) is 59.2 cm³/mol. The molecule has 0 spiro atoms. The molecule has 0 saturated carbocycles. The van der Waals surface area contributed by atoms with E-state index in [0.717, 1.165) is 0 Å². The molecule has 0 saturated heterocycles. The summed E-state index contributed by atoms with van der Waals surface area (Å²) in [4.78, 5) is 11.0. The summed E-state index contributed by atoms with van der Waals surface area (Å²) < 4.78 is 70.7. The van der Waals surface area contributed by atoms with Gasteiger partial charge >= 0.3 is 0 Å². The van der Waals surface area contributed by atoms with Gasteiger partial charge in [0.25, 0.3) is 19.7 Å². The first-order valence-electron chi connectivity index (χ1n) is 5.89. The Labute approximate surface area is 109 Å². The third-order valence-electron chi connectivity index (χ3n) is 2.10. The van der Waals surface area contributed by atoms with Crippen molar-refractivity contribution in [3.8, 4) is 0 Å². The van der Waals surface area contributed by atoms with Gasteiger partial charge in [0, 0.05) is 12.8 Å². The van der Waals surface area contributed by atoms with Crippen LogP contribution in [-0.2, 0) is 13.6 Å². The highest BCUT2D eigenvalue weighted by molar-refractivity contribution is 7.45. The Morgan fingerprint density at radius 1 is 0.947 bits per heavy atom. The van der Waals surface area contributed by atoms with Gasteiger partial charge in [-0.2, -0.15) is 0 Å². The van der Waals surface area contributed by atoms with Crippen LogP contribution in [0.4, 0.5) is 17.6 Å². The third kappa shape index (κ3) is 9.38. The molecule has 0 aromatic rings. The first-order valence-corrected chi connectivity index (χ1v) is 7.35. The van der Waals surface area contributed by atoms with Gasteiger partial charge in [0.05, 0.1) is 0 Å². The van der Waals surface area contributed by atoms with Crippen LogP contribution in [0.15, 0.2) is 0 Å². The van der Waals surface area contributed by atoms with E-state index in [1.165, 1.54) is 13.8 Å². The fourth-order valence-corrected chi connectivity index (χ4v) is 2.03. The fraction of sp³-hybridized carbons (Fsp3) is 1.00. The quantitative estimate of drug-likeness (QED) is 0.458. The Balaban J connectivity index is 4.23. The van der Waals surface area contributed by atoms with Crippen LogP contribution < -0.4 is 4.89 Å². The van der Waals surface area contributed by atoms with Crippen molar-refractivity contribution < 1.29 is 36.1 Å². The minimum absolute atomic E-state index is 0.134. The molecule has 9 heteroatoms. The first-order chi connectivity index (χ1) is 8.54. The zero-order valence-electron chi connectivity index (χ0n) is 10.8. The van der Waals surface area contributed by atoms with E-state index in [1.54, 1.807) is 0 Å². The molecule has 0 bridgehead atoms. The Morgan fingerprint density at radius 3 is 1.53 bits per heavy atom. The lowest BCUT2D eigenvalue weighted by Gasteiger charge is -2.27. The van der Waals surface area contributed by atoms with Crippen LogP contribution in [0.25, 0.3) is 0 Å². The van der Waals surface area contributed by atoms with Crippen LogP contribution in [0, 0.1) is 0 Å². The van der Waals surface area contributed by atoms with Gasteiger partial charge in [0.2, 0.25) is 0 Å². The average molecular weight is 309 g/mol. The van der Waals surface area contributed by atoms with Crippen molar-refractivity contribution in [2.45, 2.75) is 51.4 Å². The van der Waals surface area contributed by atoms with Gasteiger partial charge in [-0.3, -0.25) is 4.57 Å². The van der Waals surface area contributed by atoms with Gasteiger partial charge in [0.1, 0.15) is 13.2 Å². The maximum absolute atomic E-state index is 13.0. The highest BCUT2D eigenvalue weighted by Crippen LogP contribution is 2.42. The van der Waals surface area contributed by atoms with Crippen molar-refractivity contribution in [3.63, 3.8) is 0 Å². The molecule has 0 aliphatic heterocycles. The van der Waals surface area contributed by atoms with E-state index in [9.17, 15) is 27.0 Å². The van der Waals surface area contributed by atoms with Gasteiger partial charge in [-0.25, -0.2) is 17.6 Å². The summed E-state index contributed by atoms with van der Waals surface area (Å²) in [5, 5.41) is 0. The molecule has 0 N–H and O–H groups in total. The summed E-state index contributed by atoms with van der Waals surface area (Å²) >= 11 is 0. The van der Waals surface area contributed by atoms with Crippen molar-refractivity contribution in [2.24, 2.45) is 0 Å². The second kappa shape index (κ2) is 7.57. The number of phosphoric acid groups is 1. The lowest BCUT2D eigenvalue weighted by atomic mass is 10.2. The number of phosphoric ester groups is 1. The molecule has 0 aromatic heterocycles. The van der Waals surface area contributed by atoms with Gasteiger partial charge in [0.15, 0.2) is 0 Å². The van der Waals surface area contributed by atoms with Crippen LogP contribution in [0.2, 0.25) is 0 Å².